The van der Waals surface area contributed by atoms with Gasteiger partial charge in [0.2, 0.25) is 0 Å². The van der Waals surface area contributed by atoms with Crippen LogP contribution in [0.2, 0.25) is 0 Å². The molecule has 1 fully saturated rings. The van der Waals surface area contributed by atoms with Gasteiger partial charge < -0.3 is 10.5 Å². The van der Waals surface area contributed by atoms with Crippen LogP contribution in [-0.4, -0.2) is 19.1 Å². The van der Waals surface area contributed by atoms with Gasteiger partial charge in [0, 0.05) is 0 Å². The summed E-state index contributed by atoms with van der Waals surface area (Å²) in [5.41, 5.74) is 5.59. The molecule has 0 aliphatic heterocycles. The third kappa shape index (κ3) is 4.12. The maximum atomic E-state index is 11.9. The van der Waals surface area contributed by atoms with Crippen LogP contribution in [0.25, 0.3) is 0 Å². The first kappa shape index (κ1) is 13.5. The summed E-state index contributed by atoms with van der Waals surface area (Å²) >= 11 is 0. The Kier molecular flexibility index (Phi) is 6.46. The molecule has 0 spiro atoms. The lowest BCUT2D eigenvalue weighted by Gasteiger charge is -2.29. The number of hydrogen-bond acceptors (Lipinski definition) is 3. The highest BCUT2D eigenvalue weighted by Gasteiger charge is 2.31. The van der Waals surface area contributed by atoms with Crippen molar-refractivity contribution in [1.29, 1.82) is 0 Å². The normalized spacial score (nSPS) is 25.4. The number of hydrogen-bond donors (Lipinski definition) is 1. The molecule has 3 nitrogen and oxygen atoms in total. The quantitative estimate of drug-likeness (QED) is 0.560. The molecule has 2 unspecified atom stereocenters. The molecule has 1 aliphatic carbocycles. The molecule has 0 bridgehead atoms. The number of ether oxygens (including phenoxy) is 1. The van der Waals surface area contributed by atoms with Crippen LogP contribution in [0.4, 0.5) is 0 Å². The van der Waals surface area contributed by atoms with E-state index >= 15 is 0 Å². The minimum Gasteiger partial charge on any atom is -0.465 e. The number of nitrogens with two attached hydrogens (primary N) is 1. The Morgan fingerprint density at radius 1 is 1.38 bits per heavy atom. The summed E-state index contributed by atoms with van der Waals surface area (Å²) in [4.78, 5) is 11.9. The molecule has 1 rings (SSSR count). The van der Waals surface area contributed by atoms with Crippen molar-refractivity contribution in [2.24, 2.45) is 17.6 Å². The topological polar surface area (TPSA) is 52.3 Å². The summed E-state index contributed by atoms with van der Waals surface area (Å²) in [6.45, 7) is 3.37. The molecule has 2 atom stereocenters. The van der Waals surface area contributed by atoms with E-state index in [-0.39, 0.29) is 11.9 Å². The Labute approximate surface area is 98.7 Å². The van der Waals surface area contributed by atoms with Crippen LogP contribution < -0.4 is 5.73 Å². The first-order chi connectivity index (χ1) is 7.79. The SMILES string of the molecule is CCCCOC(=O)C1CCCCC1CCN. The second-order valence-electron chi connectivity index (χ2n) is 4.75. The Hall–Kier alpha value is -0.570. The van der Waals surface area contributed by atoms with Crippen molar-refractivity contribution in [2.75, 3.05) is 13.2 Å². The lowest BCUT2D eigenvalue weighted by Crippen LogP contribution is -2.30. The minimum atomic E-state index is 0.0200. The van der Waals surface area contributed by atoms with E-state index in [4.69, 9.17) is 10.5 Å². The summed E-state index contributed by atoms with van der Waals surface area (Å²) in [6.07, 6.45) is 7.55. The number of rotatable bonds is 6. The van der Waals surface area contributed by atoms with Crippen molar-refractivity contribution < 1.29 is 9.53 Å². The van der Waals surface area contributed by atoms with Gasteiger partial charge in [0.1, 0.15) is 0 Å². The summed E-state index contributed by atoms with van der Waals surface area (Å²) in [5, 5.41) is 0. The monoisotopic (exact) mass is 227 g/mol. The fourth-order valence-electron chi connectivity index (χ4n) is 2.50. The fraction of sp³-hybridized carbons (Fsp3) is 0.923. The predicted octanol–water partition coefficient (Wildman–Crippen LogP) is 2.48. The average Bonchev–Trinajstić information content (AvgIpc) is 2.30. The molecule has 3 heteroatoms. The van der Waals surface area contributed by atoms with Crippen molar-refractivity contribution in [3.63, 3.8) is 0 Å². The summed E-state index contributed by atoms with van der Waals surface area (Å²) in [6, 6.07) is 0. The van der Waals surface area contributed by atoms with Gasteiger partial charge in [0.15, 0.2) is 0 Å². The predicted molar refractivity (Wildman–Crippen MR) is 65.0 cm³/mol. The number of unbranched alkanes of at least 4 members (excludes halogenated alkanes) is 1. The number of esters is 1. The lowest BCUT2D eigenvalue weighted by molar-refractivity contribution is -0.152. The first-order valence-corrected chi connectivity index (χ1v) is 6.66. The van der Waals surface area contributed by atoms with Gasteiger partial charge in [-0.25, -0.2) is 0 Å². The first-order valence-electron chi connectivity index (χ1n) is 6.66. The van der Waals surface area contributed by atoms with Gasteiger partial charge in [-0.1, -0.05) is 26.2 Å². The van der Waals surface area contributed by atoms with Gasteiger partial charge in [-0.2, -0.15) is 0 Å². The molecule has 94 valence electrons. The van der Waals surface area contributed by atoms with Crippen LogP contribution in [0.5, 0.6) is 0 Å². The van der Waals surface area contributed by atoms with Crippen molar-refractivity contribution >= 4 is 5.97 Å². The van der Waals surface area contributed by atoms with E-state index in [9.17, 15) is 4.79 Å². The van der Waals surface area contributed by atoms with Gasteiger partial charge in [-0.3, -0.25) is 4.79 Å². The van der Waals surface area contributed by atoms with Crippen LogP contribution >= 0.6 is 0 Å². The molecule has 0 radical (unpaired) electrons. The van der Waals surface area contributed by atoms with Crippen molar-refractivity contribution in [3.8, 4) is 0 Å². The van der Waals surface area contributed by atoms with Gasteiger partial charge in [-0.15, -0.1) is 0 Å². The Morgan fingerprint density at radius 3 is 2.81 bits per heavy atom. The highest BCUT2D eigenvalue weighted by Crippen LogP contribution is 2.32. The molecule has 2 N–H and O–H groups in total. The molecule has 0 heterocycles. The Morgan fingerprint density at radius 2 is 2.12 bits per heavy atom. The maximum Gasteiger partial charge on any atom is 0.309 e. The van der Waals surface area contributed by atoms with E-state index in [1.807, 2.05) is 0 Å². The molecule has 0 aromatic heterocycles. The lowest BCUT2D eigenvalue weighted by atomic mass is 9.77. The molecule has 0 saturated heterocycles. The van der Waals surface area contributed by atoms with Crippen molar-refractivity contribution in [1.82, 2.24) is 0 Å². The molecule has 0 amide bonds. The molecular weight excluding hydrogens is 202 g/mol. The molecule has 1 aliphatic rings. The third-order valence-corrected chi connectivity index (χ3v) is 3.49. The van der Waals surface area contributed by atoms with Gasteiger partial charge in [0.05, 0.1) is 12.5 Å². The standard InChI is InChI=1S/C13H25NO2/c1-2-3-10-16-13(15)12-7-5-4-6-11(12)8-9-14/h11-12H,2-10,14H2,1H3. The summed E-state index contributed by atoms with van der Waals surface area (Å²) < 4.78 is 5.32. The second-order valence-corrected chi connectivity index (χ2v) is 4.75. The van der Waals surface area contributed by atoms with Crippen LogP contribution in [0.3, 0.4) is 0 Å². The summed E-state index contributed by atoms with van der Waals surface area (Å²) in [7, 11) is 0. The second kappa shape index (κ2) is 7.66. The van der Waals surface area contributed by atoms with E-state index in [2.05, 4.69) is 6.92 Å². The maximum absolute atomic E-state index is 11.9. The largest absolute Gasteiger partial charge is 0.465 e. The van der Waals surface area contributed by atoms with E-state index in [1.54, 1.807) is 0 Å². The molecular formula is C13H25NO2. The zero-order valence-corrected chi connectivity index (χ0v) is 10.4. The molecule has 1 saturated carbocycles. The van der Waals surface area contributed by atoms with Crippen LogP contribution in [-0.2, 0) is 9.53 Å². The molecule has 16 heavy (non-hydrogen) atoms. The number of carbonyl (C=O) groups is 1. The minimum absolute atomic E-state index is 0.0200. The molecule has 0 aromatic carbocycles. The smallest absolute Gasteiger partial charge is 0.309 e. The van der Waals surface area contributed by atoms with Gasteiger partial charge in [0.25, 0.3) is 0 Å². The van der Waals surface area contributed by atoms with E-state index in [1.165, 1.54) is 6.42 Å². The zero-order valence-electron chi connectivity index (χ0n) is 10.4. The average molecular weight is 227 g/mol. The van der Waals surface area contributed by atoms with Crippen LogP contribution in [0, 0.1) is 11.8 Å². The fourth-order valence-corrected chi connectivity index (χ4v) is 2.50. The van der Waals surface area contributed by atoms with Crippen molar-refractivity contribution in [3.05, 3.63) is 0 Å². The van der Waals surface area contributed by atoms with E-state index in [0.717, 1.165) is 38.5 Å². The highest BCUT2D eigenvalue weighted by atomic mass is 16.5. The van der Waals surface area contributed by atoms with E-state index < -0.39 is 0 Å². The van der Waals surface area contributed by atoms with Crippen molar-refractivity contribution in [2.45, 2.75) is 51.9 Å². The Balaban J connectivity index is 2.37. The Bertz CT molecular complexity index is 204. The van der Waals surface area contributed by atoms with Gasteiger partial charge >= 0.3 is 5.97 Å². The van der Waals surface area contributed by atoms with Gasteiger partial charge in [-0.05, 0) is 38.1 Å². The molecule has 0 aromatic rings. The van der Waals surface area contributed by atoms with Crippen LogP contribution in [0.1, 0.15) is 51.9 Å². The highest BCUT2D eigenvalue weighted by molar-refractivity contribution is 5.72. The van der Waals surface area contributed by atoms with Crippen LogP contribution in [0.15, 0.2) is 0 Å². The van der Waals surface area contributed by atoms with E-state index in [0.29, 0.717) is 19.1 Å². The third-order valence-electron chi connectivity index (χ3n) is 3.49. The number of carbonyl (C=O) groups excluding carboxylic acids is 1. The summed E-state index contributed by atoms with van der Waals surface area (Å²) in [5.74, 6) is 0.605. The zero-order chi connectivity index (χ0) is 11.8.